The van der Waals surface area contributed by atoms with Crippen molar-refractivity contribution >= 4 is 17.5 Å². The van der Waals surface area contributed by atoms with Crippen molar-refractivity contribution in [2.45, 2.75) is 20.0 Å². The standard InChI is InChI=1S/C17H20N2O3/c1-11(2)15(20)12-6-8-13(9-7-12)19-16-14(17(21)22-3)5-4-10-18-16/h4-11,15,20H,1-3H3,(H,18,19). The van der Waals surface area contributed by atoms with E-state index in [1.165, 1.54) is 7.11 Å². The fourth-order valence-electron chi connectivity index (χ4n) is 2.06. The van der Waals surface area contributed by atoms with E-state index in [2.05, 4.69) is 10.3 Å². The highest BCUT2D eigenvalue weighted by Gasteiger charge is 2.14. The van der Waals surface area contributed by atoms with Crippen molar-refractivity contribution in [2.24, 2.45) is 5.92 Å². The summed E-state index contributed by atoms with van der Waals surface area (Å²) in [5.74, 6) is 0.148. The summed E-state index contributed by atoms with van der Waals surface area (Å²) >= 11 is 0. The Balaban J connectivity index is 2.20. The van der Waals surface area contributed by atoms with Gasteiger partial charge in [-0.05, 0) is 35.7 Å². The number of carbonyl (C=O) groups excluding carboxylic acids is 1. The Morgan fingerprint density at radius 3 is 2.50 bits per heavy atom. The largest absolute Gasteiger partial charge is 0.465 e. The summed E-state index contributed by atoms with van der Waals surface area (Å²) in [6.45, 7) is 3.93. The number of methoxy groups -OCH3 is 1. The molecule has 2 N–H and O–H groups in total. The molecule has 22 heavy (non-hydrogen) atoms. The zero-order chi connectivity index (χ0) is 16.1. The maximum absolute atomic E-state index is 11.7. The van der Waals surface area contributed by atoms with Crippen LogP contribution in [0, 0.1) is 5.92 Å². The molecule has 0 aliphatic heterocycles. The molecular formula is C17H20N2O3. The number of nitrogens with zero attached hydrogens (tertiary/aromatic N) is 1. The molecule has 0 bridgehead atoms. The molecule has 1 heterocycles. The van der Waals surface area contributed by atoms with Gasteiger partial charge in [-0.3, -0.25) is 0 Å². The molecule has 0 aliphatic rings. The normalized spacial score (nSPS) is 12.0. The van der Waals surface area contributed by atoms with E-state index in [9.17, 15) is 9.90 Å². The lowest BCUT2D eigenvalue weighted by Gasteiger charge is -2.15. The summed E-state index contributed by atoms with van der Waals surface area (Å²) in [7, 11) is 1.33. The zero-order valence-corrected chi connectivity index (χ0v) is 12.9. The lowest BCUT2D eigenvalue weighted by atomic mass is 9.99. The minimum Gasteiger partial charge on any atom is -0.465 e. The SMILES string of the molecule is COC(=O)c1cccnc1Nc1ccc(C(O)C(C)C)cc1. The molecule has 0 amide bonds. The van der Waals surface area contributed by atoms with Gasteiger partial charge in [-0.2, -0.15) is 0 Å². The fourth-order valence-corrected chi connectivity index (χ4v) is 2.06. The third kappa shape index (κ3) is 3.62. The van der Waals surface area contributed by atoms with E-state index < -0.39 is 12.1 Å². The summed E-state index contributed by atoms with van der Waals surface area (Å²) in [6, 6.07) is 10.7. The molecule has 5 nitrogen and oxygen atoms in total. The number of esters is 1. The molecule has 0 saturated carbocycles. The Bertz CT molecular complexity index is 639. The van der Waals surface area contributed by atoms with Gasteiger partial charge in [0.2, 0.25) is 0 Å². The number of rotatable bonds is 5. The Hall–Kier alpha value is -2.40. The number of pyridine rings is 1. The molecular weight excluding hydrogens is 280 g/mol. The summed E-state index contributed by atoms with van der Waals surface area (Å²) in [5, 5.41) is 13.1. The van der Waals surface area contributed by atoms with Crippen LogP contribution >= 0.6 is 0 Å². The van der Waals surface area contributed by atoms with Gasteiger partial charge < -0.3 is 15.2 Å². The summed E-state index contributed by atoms with van der Waals surface area (Å²) in [4.78, 5) is 15.9. The van der Waals surface area contributed by atoms with Crippen LogP contribution in [0.3, 0.4) is 0 Å². The lowest BCUT2D eigenvalue weighted by Crippen LogP contribution is -2.07. The summed E-state index contributed by atoms with van der Waals surface area (Å²) < 4.78 is 4.74. The van der Waals surface area contributed by atoms with Crippen LogP contribution in [-0.2, 0) is 4.74 Å². The van der Waals surface area contributed by atoms with E-state index in [-0.39, 0.29) is 5.92 Å². The second kappa shape index (κ2) is 7.04. The molecule has 0 saturated heterocycles. The van der Waals surface area contributed by atoms with Gasteiger partial charge >= 0.3 is 5.97 Å². The zero-order valence-electron chi connectivity index (χ0n) is 12.9. The first-order chi connectivity index (χ1) is 10.5. The minimum absolute atomic E-state index is 0.153. The molecule has 1 aromatic carbocycles. The number of aliphatic hydroxyl groups excluding tert-OH is 1. The molecule has 0 radical (unpaired) electrons. The van der Waals surface area contributed by atoms with E-state index in [4.69, 9.17) is 4.74 Å². The molecule has 116 valence electrons. The first-order valence-electron chi connectivity index (χ1n) is 7.11. The van der Waals surface area contributed by atoms with Crippen LogP contribution in [0.25, 0.3) is 0 Å². The Kier molecular flexibility index (Phi) is 5.12. The molecule has 2 rings (SSSR count). The van der Waals surface area contributed by atoms with Gasteiger partial charge in [-0.1, -0.05) is 26.0 Å². The molecule has 2 aromatic rings. The number of benzene rings is 1. The van der Waals surface area contributed by atoms with E-state index in [1.807, 2.05) is 38.1 Å². The van der Waals surface area contributed by atoms with Gasteiger partial charge in [0, 0.05) is 11.9 Å². The van der Waals surface area contributed by atoms with E-state index in [1.54, 1.807) is 18.3 Å². The van der Waals surface area contributed by atoms with Crippen molar-refractivity contribution in [3.8, 4) is 0 Å². The molecule has 0 spiro atoms. The van der Waals surface area contributed by atoms with Gasteiger partial charge in [0.15, 0.2) is 0 Å². The predicted molar refractivity (Wildman–Crippen MR) is 85.1 cm³/mol. The van der Waals surface area contributed by atoms with Crippen LogP contribution in [0.4, 0.5) is 11.5 Å². The summed E-state index contributed by atoms with van der Waals surface area (Å²) in [5.41, 5.74) is 2.01. The van der Waals surface area contributed by atoms with Crippen molar-refractivity contribution in [3.63, 3.8) is 0 Å². The van der Waals surface area contributed by atoms with E-state index in [0.717, 1.165) is 11.3 Å². The van der Waals surface area contributed by atoms with Gasteiger partial charge in [0.1, 0.15) is 11.4 Å². The smallest absolute Gasteiger partial charge is 0.341 e. The van der Waals surface area contributed by atoms with Crippen molar-refractivity contribution in [1.82, 2.24) is 4.98 Å². The fraction of sp³-hybridized carbons (Fsp3) is 0.294. The number of nitrogens with one attached hydrogen (secondary N) is 1. The average Bonchev–Trinajstić information content (AvgIpc) is 2.54. The number of carbonyl (C=O) groups is 1. The molecule has 0 aliphatic carbocycles. The average molecular weight is 300 g/mol. The van der Waals surface area contributed by atoms with E-state index >= 15 is 0 Å². The first-order valence-corrected chi connectivity index (χ1v) is 7.11. The van der Waals surface area contributed by atoms with E-state index in [0.29, 0.717) is 11.4 Å². The van der Waals surface area contributed by atoms with Gasteiger partial charge in [0.05, 0.1) is 13.2 Å². The van der Waals surface area contributed by atoms with Crippen molar-refractivity contribution < 1.29 is 14.6 Å². The highest BCUT2D eigenvalue weighted by Crippen LogP contribution is 2.24. The van der Waals surface area contributed by atoms with Crippen LogP contribution in [0.5, 0.6) is 0 Å². The third-order valence-electron chi connectivity index (χ3n) is 3.36. The predicted octanol–water partition coefficient (Wildman–Crippen LogP) is 3.30. The van der Waals surface area contributed by atoms with Gasteiger partial charge in [-0.15, -0.1) is 0 Å². The second-order valence-corrected chi connectivity index (χ2v) is 5.33. The minimum atomic E-state index is -0.491. The Morgan fingerprint density at radius 1 is 1.23 bits per heavy atom. The van der Waals surface area contributed by atoms with Crippen LogP contribution in [0.2, 0.25) is 0 Å². The second-order valence-electron chi connectivity index (χ2n) is 5.33. The van der Waals surface area contributed by atoms with Crippen LogP contribution in [-0.4, -0.2) is 23.2 Å². The topological polar surface area (TPSA) is 71.5 Å². The molecule has 1 unspecified atom stereocenters. The van der Waals surface area contributed by atoms with Crippen molar-refractivity contribution in [3.05, 3.63) is 53.7 Å². The quantitative estimate of drug-likeness (QED) is 0.829. The Morgan fingerprint density at radius 2 is 1.91 bits per heavy atom. The van der Waals surface area contributed by atoms with Crippen LogP contribution in [0.15, 0.2) is 42.6 Å². The number of hydrogen-bond donors (Lipinski definition) is 2. The lowest BCUT2D eigenvalue weighted by molar-refractivity contribution is 0.0601. The van der Waals surface area contributed by atoms with Gasteiger partial charge in [0.25, 0.3) is 0 Å². The maximum atomic E-state index is 11.7. The highest BCUT2D eigenvalue weighted by molar-refractivity contribution is 5.95. The number of ether oxygens (including phenoxy) is 1. The van der Waals surface area contributed by atoms with Crippen molar-refractivity contribution in [2.75, 3.05) is 12.4 Å². The summed E-state index contributed by atoms with van der Waals surface area (Å²) in [6.07, 6.45) is 1.11. The third-order valence-corrected chi connectivity index (χ3v) is 3.36. The molecule has 0 fully saturated rings. The highest BCUT2D eigenvalue weighted by atomic mass is 16.5. The molecule has 5 heteroatoms. The van der Waals surface area contributed by atoms with Crippen LogP contribution < -0.4 is 5.32 Å². The molecule has 1 atom stereocenters. The maximum Gasteiger partial charge on any atom is 0.341 e. The number of aliphatic hydroxyl groups is 1. The van der Waals surface area contributed by atoms with Crippen LogP contribution in [0.1, 0.15) is 35.9 Å². The number of anilines is 2. The number of aromatic nitrogens is 1. The Labute approximate surface area is 130 Å². The molecule has 1 aromatic heterocycles. The number of hydrogen-bond acceptors (Lipinski definition) is 5. The first kappa shape index (κ1) is 16.0. The van der Waals surface area contributed by atoms with Crippen molar-refractivity contribution in [1.29, 1.82) is 0 Å². The monoisotopic (exact) mass is 300 g/mol. The van der Waals surface area contributed by atoms with Gasteiger partial charge in [-0.25, -0.2) is 9.78 Å².